The fourth-order valence-electron chi connectivity index (χ4n) is 2.57. The minimum Gasteiger partial charge on any atom is -0.452 e. The van der Waals surface area contributed by atoms with Crippen molar-refractivity contribution < 1.29 is 14.3 Å². The molecule has 0 radical (unpaired) electrons. The molecule has 120 valence electrons. The third kappa shape index (κ3) is 4.23. The second-order valence-corrected chi connectivity index (χ2v) is 6.09. The van der Waals surface area contributed by atoms with Crippen molar-refractivity contribution in [2.24, 2.45) is 0 Å². The quantitative estimate of drug-likeness (QED) is 0.649. The molecule has 5 heteroatoms. The predicted molar refractivity (Wildman–Crippen MR) is 85.4 cm³/mol. The summed E-state index contributed by atoms with van der Waals surface area (Å²) in [6, 6.07) is 2.73. The van der Waals surface area contributed by atoms with E-state index in [9.17, 15) is 9.59 Å². The molecule has 5 nitrogen and oxygen atoms in total. The van der Waals surface area contributed by atoms with Crippen molar-refractivity contribution in [1.82, 2.24) is 9.88 Å². The van der Waals surface area contributed by atoms with Crippen molar-refractivity contribution in [2.75, 3.05) is 6.61 Å². The van der Waals surface area contributed by atoms with E-state index in [0.717, 1.165) is 5.56 Å². The molecule has 1 aliphatic carbocycles. The van der Waals surface area contributed by atoms with Crippen molar-refractivity contribution in [2.45, 2.75) is 52.6 Å². The van der Waals surface area contributed by atoms with Crippen LogP contribution in [0.2, 0.25) is 0 Å². The summed E-state index contributed by atoms with van der Waals surface area (Å²) in [5.41, 5.74) is 3.40. The highest BCUT2D eigenvalue weighted by atomic mass is 16.5. The van der Waals surface area contributed by atoms with E-state index in [2.05, 4.69) is 29.8 Å². The van der Waals surface area contributed by atoms with Gasteiger partial charge in [-0.15, -0.1) is 0 Å². The summed E-state index contributed by atoms with van der Waals surface area (Å²) in [6.07, 6.45) is 5.59. The average Bonchev–Trinajstić information content (AvgIpc) is 3.20. The van der Waals surface area contributed by atoms with Gasteiger partial charge in [-0.3, -0.25) is 4.79 Å². The normalized spacial score (nSPS) is 14.6. The highest BCUT2D eigenvalue weighted by Crippen LogP contribution is 2.38. The number of carbonyl (C=O) groups is 2. The van der Waals surface area contributed by atoms with E-state index in [1.807, 2.05) is 13.8 Å². The fraction of sp³-hybridized carbons (Fsp3) is 0.529. The first-order chi connectivity index (χ1) is 10.4. The Hall–Kier alpha value is -2.04. The molecule has 1 fully saturated rings. The predicted octanol–water partition coefficient (Wildman–Crippen LogP) is 2.52. The van der Waals surface area contributed by atoms with Gasteiger partial charge in [-0.05, 0) is 58.2 Å². The molecule has 0 atom stereocenters. The molecule has 1 aromatic rings. The summed E-state index contributed by atoms with van der Waals surface area (Å²) in [7, 11) is 0. The minimum atomic E-state index is -0.505. The second-order valence-electron chi connectivity index (χ2n) is 6.09. The zero-order valence-electron chi connectivity index (χ0n) is 13.7. The first-order valence-electron chi connectivity index (χ1n) is 7.71. The van der Waals surface area contributed by atoms with Gasteiger partial charge in [-0.2, -0.15) is 0 Å². The Morgan fingerprint density at radius 2 is 2.09 bits per heavy atom. The van der Waals surface area contributed by atoms with Crippen LogP contribution >= 0.6 is 0 Å². The molecule has 1 aliphatic rings. The Labute approximate surface area is 131 Å². The van der Waals surface area contributed by atoms with Crippen molar-refractivity contribution in [3.05, 3.63) is 29.1 Å². The Balaban J connectivity index is 1.90. The van der Waals surface area contributed by atoms with Gasteiger partial charge in [-0.25, -0.2) is 4.79 Å². The molecule has 0 spiro atoms. The SMILES string of the molecule is Cc1cc(/C=C/C(=O)OCC(=O)NC(C)C)c(C)n1C1CC1. The maximum atomic E-state index is 11.7. The van der Waals surface area contributed by atoms with Crippen molar-refractivity contribution in [3.63, 3.8) is 0 Å². The Morgan fingerprint density at radius 1 is 1.41 bits per heavy atom. The molecule has 2 rings (SSSR count). The highest BCUT2D eigenvalue weighted by Gasteiger charge is 2.26. The summed E-state index contributed by atoms with van der Waals surface area (Å²) in [5, 5.41) is 2.67. The smallest absolute Gasteiger partial charge is 0.331 e. The van der Waals surface area contributed by atoms with Crippen LogP contribution in [0, 0.1) is 13.8 Å². The van der Waals surface area contributed by atoms with Crippen LogP contribution in [-0.2, 0) is 14.3 Å². The van der Waals surface area contributed by atoms with E-state index in [4.69, 9.17) is 4.74 Å². The molecule has 1 heterocycles. The van der Waals surface area contributed by atoms with Crippen LogP contribution in [0.5, 0.6) is 0 Å². The minimum absolute atomic E-state index is 0.0366. The Morgan fingerprint density at radius 3 is 2.68 bits per heavy atom. The van der Waals surface area contributed by atoms with E-state index < -0.39 is 5.97 Å². The number of aryl methyl sites for hydroxylation is 1. The summed E-state index contributed by atoms with van der Waals surface area (Å²) in [5.74, 6) is -0.793. The summed E-state index contributed by atoms with van der Waals surface area (Å²) in [6.45, 7) is 7.61. The van der Waals surface area contributed by atoms with Crippen molar-refractivity contribution >= 4 is 18.0 Å². The summed E-state index contributed by atoms with van der Waals surface area (Å²) in [4.78, 5) is 23.1. The maximum Gasteiger partial charge on any atom is 0.331 e. The van der Waals surface area contributed by atoms with Gasteiger partial charge in [0.15, 0.2) is 6.61 Å². The topological polar surface area (TPSA) is 60.3 Å². The third-order valence-electron chi connectivity index (χ3n) is 3.63. The molecule has 0 aromatic carbocycles. The first-order valence-corrected chi connectivity index (χ1v) is 7.71. The third-order valence-corrected chi connectivity index (χ3v) is 3.63. The van der Waals surface area contributed by atoms with Gasteiger partial charge in [0, 0.05) is 29.5 Å². The van der Waals surface area contributed by atoms with E-state index in [-0.39, 0.29) is 18.6 Å². The van der Waals surface area contributed by atoms with Gasteiger partial charge >= 0.3 is 5.97 Å². The van der Waals surface area contributed by atoms with Gasteiger partial charge in [-0.1, -0.05) is 0 Å². The number of hydrogen-bond donors (Lipinski definition) is 1. The number of amides is 1. The number of rotatable bonds is 6. The number of ether oxygens (including phenoxy) is 1. The van der Waals surface area contributed by atoms with Crippen LogP contribution in [-0.4, -0.2) is 29.1 Å². The highest BCUT2D eigenvalue weighted by molar-refractivity contribution is 5.89. The zero-order chi connectivity index (χ0) is 16.3. The van der Waals surface area contributed by atoms with E-state index in [0.29, 0.717) is 6.04 Å². The van der Waals surface area contributed by atoms with Gasteiger partial charge in [0.1, 0.15) is 0 Å². The van der Waals surface area contributed by atoms with Crippen LogP contribution in [0.4, 0.5) is 0 Å². The van der Waals surface area contributed by atoms with Gasteiger partial charge in [0.25, 0.3) is 5.91 Å². The maximum absolute atomic E-state index is 11.7. The van der Waals surface area contributed by atoms with Crippen molar-refractivity contribution in [3.8, 4) is 0 Å². The number of nitrogens with one attached hydrogen (secondary N) is 1. The standard InChI is InChI=1S/C17H24N2O3/c1-11(2)18-16(20)10-22-17(21)8-5-14-9-12(3)19(13(14)4)15-6-7-15/h5,8-9,11,15H,6-7,10H2,1-4H3,(H,18,20)/b8-5+. The van der Waals surface area contributed by atoms with E-state index in [1.54, 1.807) is 6.08 Å². The molecule has 22 heavy (non-hydrogen) atoms. The van der Waals surface area contributed by atoms with E-state index >= 15 is 0 Å². The van der Waals surface area contributed by atoms with Crippen LogP contribution < -0.4 is 5.32 Å². The molecule has 1 aromatic heterocycles. The molecule has 0 saturated heterocycles. The molecule has 0 aliphatic heterocycles. The lowest BCUT2D eigenvalue weighted by Gasteiger charge is -2.07. The van der Waals surface area contributed by atoms with E-state index in [1.165, 1.54) is 30.3 Å². The number of nitrogens with zero attached hydrogens (tertiary/aromatic N) is 1. The molecular formula is C17H24N2O3. The molecule has 0 unspecified atom stereocenters. The molecule has 0 bridgehead atoms. The number of carbonyl (C=O) groups excluding carboxylic acids is 2. The molecule has 1 N–H and O–H groups in total. The van der Waals surface area contributed by atoms with Gasteiger partial charge in [0.2, 0.25) is 0 Å². The lowest BCUT2D eigenvalue weighted by Crippen LogP contribution is -2.33. The first kappa shape index (κ1) is 16.3. The average molecular weight is 304 g/mol. The monoisotopic (exact) mass is 304 g/mol. The van der Waals surface area contributed by atoms with Gasteiger partial charge in [0.05, 0.1) is 0 Å². The summed E-state index contributed by atoms with van der Waals surface area (Å²) >= 11 is 0. The van der Waals surface area contributed by atoms with Crippen LogP contribution in [0.3, 0.4) is 0 Å². The number of esters is 1. The second kappa shape index (κ2) is 6.81. The molecular weight excluding hydrogens is 280 g/mol. The largest absolute Gasteiger partial charge is 0.452 e. The number of aromatic nitrogens is 1. The van der Waals surface area contributed by atoms with Gasteiger partial charge < -0.3 is 14.6 Å². The number of hydrogen-bond acceptors (Lipinski definition) is 3. The lowest BCUT2D eigenvalue weighted by atomic mass is 10.2. The van der Waals surface area contributed by atoms with Crippen molar-refractivity contribution in [1.29, 1.82) is 0 Å². The summed E-state index contributed by atoms with van der Waals surface area (Å²) < 4.78 is 7.24. The van der Waals surface area contributed by atoms with Crippen LogP contribution in [0.15, 0.2) is 12.1 Å². The van der Waals surface area contributed by atoms with Crippen LogP contribution in [0.1, 0.15) is 49.7 Å². The Bertz CT molecular complexity index is 595. The van der Waals surface area contributed by atoms with Crippen LogP contribution in [0.25, 0.3) is 6.08 Å². The molecule has 1 amide bonds. The fourth-order valence-corrected chi connectivity index (χ4v) is 2.57. The molecule has 1 saturated carbocycles. The lowest BCUT2D eigenvalue weighted by molar-refractivity contribution is -0.143. The zero-order valence-corrected chi connectivity index (χ0v) is 13.7. The Kier molecular flexibility index (Phi) is 5.06.